The van der Waals surface area contributed by atoms with Gasteiger partial charge in [0.2, 0.25) is 0 Å². The fourth-order valence-electron chi connectivity index (χ4n) is 3.01. The Morgan fingerprint density at radius 3 is 2.24 bits per heavy atom. The van der Waals surface area contributed by atoms with E-state index in [4.69, 9.17) is 4.74 Å². The summed E-state index contributed by atoms with van der Waals surface area (Å²) in [6.07, 6.45) is 1.68. The summed E-state index contributed by atoms with van der Waals surface area (Å²) in [4.78, 5) is 12.3. The van der Waals surface area contributed by atoms with E-state index in [0.29, 0.717) is 5.75 Å². The number of hydrogen-bond acceptors (Lipinski definition) is 3. The third kappa shape index (κ3) is 4.45. The fraction of sp³-hybridized carbons (Fsp3) is 0. The molecule has 0 saturated heterocycles. The smallest absolute Gasteiger partial charge is 0.337 e. The molecule has 3 nitrogen and oxygen atoms in total. The number of thiophene rings is 1. The highest BCUT2D eigenvalue weighted by atomic mass is 32.1. The van der Waals surface area contributed by atoms with Crippen LogP contribution in [0.2, 0.25) is 0 Å². The minimum Gasteiger partial charge on any atom is -0.478 e. The molecule has 4 aromatic rings. The SMILES string of the molecule is O=C(O)/C(=C/c1ccc(Oc2ccccc2-c2ccccc2)cc1)c1cccs1. The molecule has 0 bridgehead atoms. The first-order valence-electron chi connectivity index (χ1n) is 9.12. The van der Waals surface area contributed by atoms with Crippen molar-refractivity contribution in [3.8, 4) is 22.6 Å². The Balaban J connectivity index is 1.59. The lowest BCUT2D eigenvalue weighted by Gasteiger charge is -2.11. The van der Waals surface area contributed by atoms with Crippen LogP contribution in [0.5, 0.6) is 11.5 Å². The van der Waals surface area contributed by atoms with Gasteiger partial charge in [-0.15, -0.1) is 11.3 Å². The fourth-order valence-corrected chi connectivity index (χ4v) is 3.74. The van der Waals surface area contributed by atoms with Gasteiger partial charge in [-0.05, 0) is 46.8 Å². The number of hydrogen-bond donors (Lipinski definition) is 1. The maximum atomic E-state index is 11.6. The second kappa shape index (κ2) is 8.59. The van der Waals surface area contributed by atoms with E-state index in [2.05, 4.69) is 0 Å². The van der Waals surface area contributed by atoms with Gasteiger partial charge in [-0.25, -0.2) is 4.79 Å². The lowest BCUT2D eigenvalue weighted by Crippen LogP contribution is -1.97. The molecular formula is C25H18O3S. The number of ether oxygens (including phenoxy) is 1. The molecule has 29 heavy (non-hydrogen) atoms. The Morgan fingerprint density at radius 2 is 1.55 bits per heavy atom. The number of aliphatic carboxylic acids is 1. The van der Waals surface area contributed by atoms with E-state index in [9.17, 15) is 9.90 Å². The van der Waals surface area contributed by atoms with Gasteiger partial charge < -0.3 is 9.84 Å². The molecule has 0 aliphatic carbocycles. The summed E-state index contributed by atoms with van der Waals surface area (Å²) in [6.45, 7) is 0. The van der Waals surface area contributed by atoms with Gasteiger partial charge in [0.05, 0.1) is 5.57 Å². The summed E-state index contributed by atoms with van der Waals surface area (Å²) in [5.41, 5.74) is 3.19. The number of benzene rings is 3. The van der Waals surface area contributed by atoms with E-state index in [0.717, 1.165) is 27.3 Å². The van der Waals surface area contributed by atoms with Crippen LogP contribution in [0.1, 0.15) is 10.4 Å². The zero-order valence-electron chi connectivity index (χ0n) is 15.5. The van der Waals surface area contributed by atoms with Crippen molar-refractivity contribution in [2.75, 3.05) is 0 Å². The van der Waals surface area contributed by atoms with Gasteiger partial charge in [0.15, 0.2) is 0 Å². The lowest BCUT2D eigenvalue weighted by atomic mass is 10.0. The van der Waals surface area contributed by atoms with Crippen LogP contribution in [0.3, 0.4) is 0 Å². The minimum absolute atomic E-state index is 0.281. The molecule has 4 rings (SSSR count). The van der Waals surface area contributed by atoms with Crippen molar-refractivity contribution in [1.29, 1.82) is 0 Å². The zero-order chi connectivity index (χ0) is 20.1. The van der Waals surface area contributed by atoms with E-state index in [1.54, 1.807) is 6.08 Å². The summed E-state index contributed by atoms with van der Waals surface area (Å²) < 4.78 is 6.11. The molecular weight excluding hydrogens is 380 g/mol. The van der Waals surface area contributed by atoms with Gasteiger partial charge in [0.1, 0.15) is 11.5 Å². The van der Waals surface area contributed by atoms with E-state index in [-0.39, 0.29) is 5.57 Å². The number of carboxylic acid groups (broad SMARTS) is 1. The molecule has 0 atom stereocenters. The predicted molar refractivity (Wildman–Crippen MR) is 118 cm³/mol. The van der Waals surface area contributed by atoms with Crippen molar-refractivity contribution in [2.45, 2.75) is 0 Å². The second-order valence-electron chi connectivity index (χ2n) is 6.37. The van der Waals surface area contributed by atoms with Crippen molar-refractivity contribution >= 4 is 29.0 Å². The maximum absolute atomic E-state index is 11.6. The molecule has 142 valence electrons. The van der Waals surface area contributed by atoms with Gasteiger partial charge in [0, 0.05) is 10.4 Å². The number of para-hydroxylation sites is 1. The molecule has 0 fully saturated rings. The van der Waals surface area contributed by atoms with Gasteiger partial charge in [-0.3, -0.25) is 0 Å². The highest BCUT2D eigenvalue weighted by molar-refractivity contribution is 7.11. The average Bonchev–Trinajstić information content (AvgIpc) is 3.28. The summed E-state index contributed by atoms with van der Waals surface area (Å²) in [5.74, 6) is 0.523. The molecule has 1 aromatic heterocycles. The largest absolute Gasteiger partial charge is 0.478 e. The third-order valence-electron chi connectivity index (χ3n) is 4.41. The topological polar surface area (TPSA) is 46.5 Å². The third-order valence-corrected chi connectivity index (χ3v) is 5.31. The average molecular weight is 398 g/mol. The Morgan fingerprint density at radius 1 is 0.828 bits per heavy atom. The summed E-state index contributed by atoms with van der Waals surface area (Å²) in [5, 5.41) is 11.4. The molecule has 0 aliphatic heterocycles. The van der Waals surface area contributed by atoms with Crippen LogP contribution in [0, 0.1) is 0 Å². The summed E-state index contributed by atoms with van der Waals surface area (Å²) in [6, 6.07) is 29.1. The first-order valence-corrected chi connectivity index (χ1v) is 10.00. The van der Waals surface area contributed by atoms with E-state index in [1.165, 1.54) is 11.3 Å². The summed E-state index contributed by atoms with van der Waals surface area (Å²) >= 11 is 1.41. The van der Waals surface area contributed by atoms with Crippen LogP contribution in [0.25, 0.3) is 22.8 Å². The van der Waals surface area contributed by atoms with Crippen molar-refractivity contribution in [1.82, 2.24) is 0 Å². The molecule has 0 spiro atoms. The highest BCUT2D eigenvalue weighted by Crippen LogP contribution is 2.33. The number of carbonyl (C=O) groups is 1. The first-order chi connectivity index (χ1) is 14.2. The van der Waals surface area contributed by atoms with E-state index >= 15 is 0 Å². The standard InChI is InChI=1S/C25H18O3S/c26-25(27)22(24-11-6-16-29-24)17-18-12-14-20(15-13-18)28-23-10-5-4-9-21(23)19-7-2-1-3-8-19/h1-17H,(H,26,27)/b22-17+. The molecule has 0 radical (unpaired) electrons. The minimum atomic E-state index is -0.940. The Hall–Kier alpha value is -3.63. The van der Waals surface area contributed by atoms with Crippen LogP contribution in [-0.2, 0) is 4.79 Å². The van der Waals surface area contributed by atoms with Crippen LogP contribution in [0.15, 0.2) is 96.4 Å². The van der Waals surface area contributed by atoms with Crippen molar-refractivity contribution < 1.29 is 14.6 Å². The molecule has 1 N–H and O–H groups in total. The monoisotopic (exact) mass is 398 g/mol. The van der Waals surface area contributed by atoms with Crippen LogP contribution >= 0.6 is 11.3 Å². The van der Waals surface area contributed by atoms with Gasteiger partial charge in [0.25, 0.3) is 0 Å². The van der Waals surface area contributed by atoms with Crippen LogP contribution in [0.4, 0.5) is 0 Å². The van der Waals surface area contributed by atoms with Crippen LogP contribution < -0.4 is 4.74 Å². The van der Waals surface area contributed by atoms with Crippen molar-refractivity contribution in [3.63, 3.8) is 0 Å². The quantitative estimate of drug-likeness (QED) is 0.362. The lowest BCUT2D eigenvalue weighted by molar-refractivity contribution is -0.130. The summed E-state index contributed by atoms with van der Waals surface area (Å²) in [7, 11) is 0. The van der Waals surface area contributed by atoms with E-state index in [1.807, 2.05) is 96.4 Å². The first kappa shape index (κ1) is 18.7. The predicted octanol–water partition coefficient (Wildman–Crippen LogP) is 6.83. The number of rotatable bonds is 6. The molecule has 0 saturated carbocycles. The van der Waals surface area contributed by atoms with Crippen molar-refractivity contribution in [2.24, 2.45) is 0 Å². The second-order valence-corrected chi connectivity index (χ2v) is 7.32. The van der Waals surface area contributed by atoms with Gasteiger partial charge >= 0.3 is 5.97 Å². The Kier molecular flexibility index (Phi) is 5.54. The zero-order valence-corrected chi connectivity index (χ0v) is 16.3. The van der Waals surface area contributed by atoms with Crippen LogP contribution in [-0.4, -0.2) is 11.1 Å². The van der Waals surface area contributed by atoms with E-state index < -0.39 is 5.97 Å². The number of carboxylic acids is 1. The molecule has 0 amide bonds. The molecule has 0 unspecified atom stereocenters. The van der Waals surface area contributed by atoms with Gasteiger partial charge in [-0.1, -0.05) is 66.7 Å². The normalized spacial score (nSPS) is 11.2. The molecule has 3 aromatic carbocycles. The Labute approximate surface area is 173 Å². The van der Waals surface area contributed by atoms with Crippen molar-refractivity contribution in [3.05, 3.63) is 107 Å². The molecule has 1 heterocycles. The highest BCUT2D eigenvalue weighted by Gasteiger charge is 2.11. The van der Waals surface area contributed by atoms with Gasteiger partial charge in [-0.2, -0.15) is 0 Å². The Bertz CT molecular complexity index is 1130. The maximum Gasteiger partial charge on any atom is 0.337 e. The molecule has 0 aliphatic rings. The molecule has 4 heteroatoms.